The van der Waals surface area contributed by atoms with Crippen LogP contribution in [0.3, 0.4) is 0 Å². The van der Waals surface area contributed by atoms with Gasteiger partial charge in [-0.3, -0.25) is 0 Å². The Labute approximate surface area is 403 Å². The van der Waals surface area contributed by atoms with Crippen molar-refractivity contribution in [2.24, 2.45) is 97.5 Å². The minimum absolute atomic E-state index is 0.172. The van der Waals surface area contributed by atoms with E-state index < -0.39 is 32.5 Å². The highest BCUT2D eigenvalue weighted by molar-refractivity contribution is 5.60. The van der Waals surface area contributed by atoms with E-state index in [1.54, 1.807) is 0 Å². The summed E-state index contributed by atoms with van der Waals surface area (Å²) >= 11 is 0. The maximum absolute atomic E-state index is 3.57. The molecule has 6 fully saturated rings. The predicted octanol–water partition coefficient (Wildman–Crippen LogP) is 12.4. The molecule has 7 aliphatic rings. The molecule has 7 rings (SSSR count). The van der Waals surface area contributed by atoms with Gasteiger partial charge in [0.2, 0.25) is 0 Å². The van der Waals surface area contributed by atoms with Gasteiger partial charge in [-0.25, -0.2) is 0 Å². The standard InChI is InChI=1S/C66H72/c1-49(2)50(3,4)61(49)37-25-27-39-62(51(5,6)52(62,7)8)41-29-31-43-64(55(13,14)56(64,15)16)45-33-35-47-66(59(21,22)60(66,23)24)48-36-34-46-65(57(17,18)58(65,19)20)44-32-30-42-63(40-28-26-38-61)53(9,10)54(63,11)12/h1-24H3. The van der Waals surface area contributed by atoms with Gasteiger partial charge >= 0.3 is 0 Å². The Morgan fingerprint density at radius 1 is 0.121 bits per heavy atom. The molecule has 0 amide bonds. The molecule has 0 unspecified atom stereocenters. The van der Waals surface area contributed by atoms with Crippen molar-refractivity contribution in [3.05, 3.63) is 0 Å². The second kappa shape index (κ2) is 12.8. The van der Waals surface area contributed by atoms with Crippen LogP contribution in [0.25, 0.3) is 0 Å². The summed E-state index contributed by atoms with van der Waals surface area (Å²) in [6, 6.07) is 0. The molecule has 0 heteroatoms. The highest BCUT2D eigenvalue weighted by Crippen LogP contribution is 2.81. The van der Waals surface area contributed by atoms with Gasteiger partial charge in [0.25, 0.3) is 0 Å². The molecule has 0 saturated heterocycles. The molecule has 66 heavy (non-hydrogen) atoms. The van der Waals surface area contributed by atoms with Crippen LogP contribution in [-0.2, 0) is 0 Å². The van der Waals surface area contributed by atoms with E-state index in [1.165, 1.54) is 0 Å². The van der Waals surface area contributed by atoms with E-state index in [1.807, 2.05) is 0 Å². The fourth-order valence-electron chi connectivity index (χ4n) is 13.3. The maximum atomic E-state index is 3.57. The molecule has 0 aromatic rings. The lowest BCUT2D eigenvalue weighted by atomic mass is 9.93. The van der Waals surface area contributed by atoms with Crippen LogP contribution in [0.5, 0.6) is 0 Å². The van der Waals surface area contributed by atoms with Crippen LogP contribution in [0.15, 0.2) is 0 Å². The molecular formula is C66H72. The van der Waals surface area contributed by atoms with Crippen LogP contribution in [0.4, 0.5) is 0 Å². The van der Waals surface area contributed by atoms with Crippen LogP contribution in [0, 0.1) is 240 Å². The number of rotatable bonds is 0. The van der Waals surface area contributed by atoms with E-state index in [4.69, 9.17) is 0 Å². The molecule has 0 radical (unpaired) electrons. The van der Waals surface area contributed by atoms with Crippen molar-refractivity contribution in [2.45, 2.75) is 166 Å². The Kier molecular flexibility index (Phi) is 9.45. The quantitative estimate of drug-likeness (QED) is 0.213. The summed E-state index contributed by atoms with van der Waals surface area (Å²) < 4.78 is 0. The molecule has 336 valence electrons. The van der Waals surface area contributed by atoms with Crippen molar-refractivity contribution >= 4 is 0 Å². The lowest BCUT2D eigenvalue weighted by molar-refractivity contribution is 0.457. The third kappa shape index (κ3) is 4.95. The van der Waals surface area contributed by atoms with Crippen molar-refractivity contribution in [1.29, 1.82) is 0 Å². The summed E-state index contributed by atoms with van der Waals surface area (Å²) in [4.78, 5) is 0. The van der Waals surface area contributed by atoms with Gasteiger partial charge in [0.1, 0.15) is 32.5 Å². The van der Waals surface area contributed by atoms with Crippen LogP contribution in [0.2, 0.25) is 0 Å². The van der Waals surface area contributed by atoms with Gasteiger partial charge in [0, 0.05) is 65.0 Å². The lowest BCUT2D eigenvalue weighted by Gasteiger charge is -2.06. The average molecular weight is 865 g/mol. The Morgan fingerprint density at radius 2 is 0.182 bits per heavy atom. The van der Waals surface area contributed by atoms with Gasteiger partial charge in [-0.05, 0) is 71.0 Å². The largest absolute Gasteiger partial charge is 0.105 e. The maximum Gasteiger partial charge on any atom is 0.105 e. The number of hydrogen-bond donors (Lipinski definition) is 0. The molecule has 0 aromatic heterocycles. The van der Waals surface area contributed by atoms with E-state index in [-0.39, 0.29) is 65.0 Å². The summed E-state index contributed by atoms with van der Waals surface area (Å²) in [6.07, 6.45) is 0. The molecule has 0 heterocycles. The van der Waals surface area contributed by atoms with E-state index in [0.29, 0.717) is 0 Å². The molecule has 0 atom stereocenters. The van der Waals surface area contributed by atoms with Crippen LogP contribution in [-0.4, -0.2) is 0 Å². The average Bonchev–Trinajstić information content (AvgIpc) is 4.06. The van der Waals surface area contributed by atoms with Gasteiger partial charge in [0.05, 0.1) is 0 Å². The molecule has 0 bridgehead atoms. The first-order valence-electron chi connectivity index (χ1n) is 24.0. The second-order valence-corrected chi connectivity index (χ2v) is 27.0. The van der Waals surface area contributed by atoms with Crippen molar-refractivity contribution in [2.75, 3.05) is 0 Å². The first-order valence-corrected chi connectivity index (χ1v) is 24.0. The Balaban J connectivity index is 1.41. The lowest BCUT2D eigenvalue weighted by Crippen LogP contribution is -2.06. The fourth-order valence-corrected chi connectivity index (χ4v) is 13.3. The zero-order valence-corrected chi connectivity index (χ0v) is 45.0. The molecule has 0 aromatic carbocycles. The summed E-state index contributed by atoms with van der Waals surface area (Å²) in [5, 5.41) is 0. The van der Waals surface area contributed by atoms with Crippen LogP contribution < -0.4 is 0 Å². The van der Waals surface area contributed by atoms with E-state index in [2.05, 4.69) is 308 Å². The Morgan fingerprint density at radius 3 is 0.227 bits per heavy atom. The van der Waals surface area contributed by atoms with Gasteiger partial charge in [-0.1, -0.05) is 237 Å². The topological polar surface area (TPSA) is 0 Å². The first kappa shape index (κ1) is 48.6. The number of hydrogen-bond acceptors (Lipinski definition) is 0. The summed E-state index contributed by atoms with van der Waals surface area (Å²) in [7, 11) is 0. The summed E-state index contributed by atoms with van der Waals surface area (Å²) in [6.45, 7) is 53.8. The van der Waals surface area contributed by atoms with Crippen molar-refractivity contribution in [3.63, 3.8) is 0 Å². The Hall–Kier alpha value is -5.28. The van der Waals surface area contributed by atoms with Gasteiger partial charge in [0.15, 0.2) is 0 Å². The molecular weight excluding hydrogens is 793 g/mol. The van der Waals surface area contributed by atoms with Crippen LogP contribution >= 0.6 is 0 Å². The van der Waals surface area contributed by atoms with E-state index in [9.17, 15) is 0 Å². The van der Waals surface area contributed by atoms with Gasteiger partial charge in [-0.2, -0.15) is 0 Å². The van der Waals surface area contributed by atoms with E-state index in [0.717, 1.165) is 0 Å². The fraction of sp³-hybridized carbons (Fsp3) is 0.636. The molecule has 0 aliphatic heterocycles. The summed E-state index contributed by atoms with van der Waals surface area (Å²) in [5.41, 5.74) is -5.56. The van der Waals surface area contributed by atoms with Gasteiger partial charge < -0.3 is 0 Å². The first-order chi connectivity index (χ1) is 29.7. The highest BCUT2D eigenvalue weighted by atomic mass is 14.8. The van der Waals surface area contributed by atoms with Crippen LogP contribution in [0.1, 0.15) is 166 Å². The van der Waals surface area contributed by atoms with Crippen molar-refractivity contribution < 1.29 is 0 Å². The van der Waals surface area contributed by atoms with Gasteiger partial charge in [-0.15, -0.1) is 0 Å². The highest BCUT2D eigenvalue weighted by Gasteiger charge is 2.81. The normalized spacial score (nSPS) is 30.2. The minimum Gasteiger partial charge on any atom is -0.0679 e. The molecule has 7 aliphatic carbocycles. The predicted molar refractivity (Wildman–Crippen MR) is 273 cm³/mol. The smallest absolute Gasteiger partial charge is 0.0679 e. The SMILES string of the molecule is CC1(C)C(C)(C)C12C#CC#CC1(C#CC#CC3(C#CC#CC4(C#CC#CC5(C#CC#CC6(C#CC#C2)C(C)(C)C6(C)C)C(C)(C)C5(C)C)C(C)(C)C4(C)C)C(C)(C)C3(C)C)C(C)(C)C1(C)C. The monoisotopic (exact) mass is 865 g/mol. The summed E-state index contributed by atoms with van der Waals surface area (Å²) in [5.74, 6) is 82.3. The molecule has 6 saturated carbocycles. The zero-order chi connectivity index (χ0) is 50.0. The molecule has 0 nitrogen and oxygen atoms in total. The van der Waals surface area contributed by atoms with Crippen molar-refractivity contribution in [1.82, 2.24) is 0 Å². The third-order valence-electron chi connectivity index (χ3n) is 23.6. The van der Waals surface area contributed by atoms with Crippen molar-refractivity contribution in [3.8, 4) is 142 Å². The zero-order valence-electron chi connectivity index (χ0n) is 45.0. The minimum atomic E-state index is -0.583. The second-order valence-electron chi connectivity index (χ2n) is 27.0. The third-order valence-corrected chi connectivity index (χ3v) is 23.6. The Bertz CT molecular complexity index is 2340. The van der Waals surface area contributed by atoms with E-state index >= 15 is 0 Å². The molecule has 0 N–H and O–H groups in total. The molecule has 6 spiro atoms.